The van der Waals surface area contributed by atoms with E-state index in [1.165, 1.54) is 0 Å². The van der Waals surface area contributed by atoms with Crippen LogP contribution in [0.4, 0.5) is 5.82 Å². The number of benzene rings is 3. The lowest BCUT2D eigenvalue weighted by molar-refractivity contribution is 0.102. The van der Waals surface area contributed by atoms with Gasteiger partial charge in [0.05, 0.1) is 0 Å². The number of nitrogens with one attached hydrogen (secondary N) is 1. The summed E-state index contributed by atoms with van der Waals surface area (Å²) < 4.78 is 6.05. The van der Waals surface area contributed by atoms with Crippen molar-refractivity contribution in [1.82, 2.24) is 4.98 Å². The molecule has 1 amide bonds. The smallest absolute Gasteiger partial charge is 0.256 e. The number of amides is 1. The molecule has 0 fully saturated rings. The molecule has 0 aliphatic heterocycles. The molecule has 4 nitrogen and oxygen atoms in total. The Hall–Kier alpha value is -3.63. The average Bonchev–Trinajstić information content (AvgIpc) is 2.80. The molecule has 0 spiro atoms. The number of anilines is 1. The van der Waals surface area contributed by atoms with E-state index < -0.39 is 0 Å². The first-order valence-electron chi connectivity index (χ1n) is 9.95. The normalized spacial score (nSPS) is 10.5. The van der Waals surface area contributed by atoms with Crippen molar-refractivity contribution in [1.29, 1.82) is 0 Å². The van der Waals surface area contributed by atoms with Gasteiger partial charge in [-0.3, -0.25) is 4.79 Å². The van der Waals surface area contributed by atoms with Crippen molar-refractivity contribution in [2.75, 3.05) is 5.32 Å². The van der Waals surface area contributed by atoms with Gasteiger partial charge in [-0.1, -0.05) is 66.2 Å². The Kier molecular flexibility index (Phi) is 6.60. The monoisotopic (exact) mass is 428 g/mol. The molecule has 0 atom stereocenters. The van der Waals surface area contributed by atoms with Crippen LogP contribution in [0.2, 0.25) is 5.02 Å². The van der Waals surface area contributed by atoms with Crippen LogP contribution >= 0.6 is 11.6 Å². The van der Waals surface area contributed by atoms with Crippen molar-refractivity contribution in [3.05, 3.63) is 124 Å². The van der Waals surface area contributed by atoms with Crippen molar-refractivity contribution in [3.8, 4) is 5.75 Å². The third kappa shape index (κ3) is 5.71. The number of halogens is 1. The summed E-state index contributed by atoms with van der Waals surface area (Å²) >= 11 is 6.24. The highest BCUT2D eigenvalue weighted by Gasteiger charge is 2.10. The van der Waals surface area contributed by atoms with Gasteiger partial charge in [0.2, 0.25) is 0 Å². The van der Waals surface area contributed by atoms with E-state index in [1.807, 2.05) is 78.9 Å². The zero-order chi connectivity index (χ0) is 21.5. The van der Waals surface area contributed by atoms with Crippen LogP contribution in [0.5, 0.6) is 5.75 Å². The number of pyridine rings is 1. The summed E-state index contributed by atoms with van der Waals surface area (Å²) in [7, 11) is 0. The second kappa shape index (κ2) is 9.92. The van der Waals surface area contributed by atoms with Gasteiger partial charge in [0.15, 0.2) is 0 Å². The SMILES string of the molecule is O=C(Nc1cccc(Cc2cc(Cl)ccc2OCc2ccccc2)n1)c1ccccc1. The average molecular weight is 429 g/mol. The number of nitrogens with zero attached hydrogens (tertiary/aromatic N) is 1. The van der Waals surface area contributed by atoms with Gasteiger partial charge < -0.3 is 10.1 Å². The Morgan fingerprint density at radius 2 is 1.61 bits per heavy atom. The van der Waals surface area contributed by atoms with Gasteiger partial charge >= 0.3 is 0 Å². The molecule has 1 heterocycles. The van der Waals surface area contributed by atoms with Crippen LogP contribution in [-0.4, -0.2) is 10.9 Å². The fraction of sp³-hybridized carbons (Fsp3) is 0.0769. The Morgan fingerprint density at radius 3 is 2.39 bits per heavy atom. The topological polar surface area (TPSA) is 51.2 Å². The number of aromatic nitrogens is 1. The first-order chi connectivity index (χ1) is 15.2. The number of rotatable bonds is 7. The summed E-state index contributed by atoms with van der Waals surface area (Å²) in [5, 5.41) is 3.48. The molecule has 3 aromatic carbocycles. The highest BCUT2D eigenvalue weighted by Crippen LogP contribution is 2.26. The Labute approximate surface area is 186 Å². The van der Waals surface area contributed by atoms with Crippen LogP contribution in [0.1, 0.15) is 27.2 Å². The summed E-state index contributed by atoms with van der Waals surface area (Å²) in [6.07, 6.45) is 0.528. The van der Waals surface area contributed by atoms with Gasteiger partial charge in [-0.05, 0) is 48.0 Å². The third-order valence-electron chi connectivity index (χ3n) is 4.72. The zero-order valence-corrected chi connectivity index (χ0v) is 17.5. The third-order valence-corrected chi connectivity index (χ3v) is 4.95. The second-order valence-electron chi connectivity index (χ2n) is 7.04. The lowest BCUT2D eigenvalue weighted by atomic mass is 10.1. The number of carbonyl (C=O) groups excluding carboxylic acids is 1. The number of hydrogen-bond acceptors (Lipinski definition) is 3. The van der Waals surface area contributed by atoms with Gasteiger partial charge in [0.25, 0.3) is 5.91 Å². The summed E-state index contributed by atoms with van der Waals surface area (Å²) in [5.41, 5.74) is 3.41. The molecule has 5 heteroatoms. The fourth-order valence-corrected chi connectivity index (χ4v) is 3.38. The van der Waals surface area contributed by atoms with Gasteiger partial charge in [-0.2, -0.15) is 0 Å². The van der Waals surface area contributed by atoms with Gasteiger partial charge in [0, 0.05) is 28.3 Å². The number of ether oxygens (including phenoxy) is 1. The van der Waals surface area contributed by atoms with Crippen LogP contribution in [0.15, 0.2) is 97.1 Å². The minimum absolute atomic E-state index is 0.195. The van der Waals surface area contributed by atoms with Crippen molar-refractivity contribution >= 4 is 23.3 Å². The molecule has 31 heavy (non-hydrogen) atoms. The maximum atomic E-state index is 12.4. The Balaban J connectivity index is 1.49. The van der Waals surface area contributed by atoms with E-state index in [0.717, 1.165) is 22.6 Å². The Morgan fingerprint density at radius 1 is 0.871 bits per heavy atom. The highest BCUT2D eigenvalue weighted by atomic mass is 35.5. The van der Waals surface area contributed by atoms with E-state index in [4.69, 9.17) is 16.3 Å². The van der Waals surface area contributed by atoms with Crippen molar-refractivity contribution in [2.24, 2.45) is 0 Å². The number of hydrogen-bond donors (Lipinski definition) is 1. The van der Waals surface area contributed by atoms with Crippen LogP contribution in [0, 0.1) is 0 Å². The quantitative estimate of drug-likeness (QED) is 0.383. The van der Waals surface area contributed by atoms with Gasteiger partial charge in [0.1, 0.15) is 18.2 Å². The van der Waals surface area contributed by atoms with Crippen LogP contribution < -0.4 is 10.1 Å². The molecule has 1 aromatic heterocycles. The molecule has 0 bridgehead atoms. The largest absolute Gasteiger partial charge is 0.489 e. The summed E-state index contributed by atoms with van der Waals surface area (Å²) in [6, 6.07) is 30.2. The predicted octanol–water partition coefficient (Wildman–Crippen LogP) is 6.16. The Bertz CT molecular complexity index is 1160. The van der Waals surface area contributed by atoms with Gasteiger partial charge in [-0.25, -0.2) is 4.98 Å². The minimum atomic E-state index is -0.195. The molecule has 4 aromatic rings. The fourth-order valence-electron chi connectivity index (χ4n) is 3.18. The van der Waals surface area contributed by atoms with E-state index in [1.54, 1.807) is 18.2 Å². The van der Waals surface area contributed by atoms with E-state index in [0.29, 0.717) is 29.4 Å². The standard InChI is InChI=1S/C26H21ClN2O2/c27-22-14-15-24(31-18-19-8-3-1-4-9-19)21(16-22)17-23-12-7-13-25(28-23)29-26(30)20-10-5-2-6-11-20/h1-16H,17-18H2,(H,28,29,30). The van der Waals surface area contributed by atoms with E-state index in [9.17, 15) is 4.79 Å². The molecular weight excluding hydrogens is 408 g/mol. The first-order valence-corrected chi connectivity index (χ1v) is 10.3. The molecule has 0 radical (unpaired) electrons. The van der Waals surface area contributed by atoms with Crippen LogP contribution in [0.25, 0.3) is 0 Å². The van der Waals surface area contributed by atoms with Crippen molar-refractivity contribution in [3.63, 3.8) is 0 Å². The van der Waals surface area contributed by atoms with Crippen LogP contribution in [0.3, 0.4) is 0 Å². The summed E-state index contributed by atoms with van der Waals surface area (Å²) in [4.78, 5) is 17.0. The van der Waals surface area contributed by atoms with Gasteiger partial charge in [-0.15, -0.1) is 0 Å². The maximum Gasteiger partial charge on any atom is 0.256 e. The van der Waals surface area contributed by atoms with E-state index in [-0.39, 0.29) is 5.91 Å². The predicted molar refractivity (Wildman–Crippen MR) is 124 cm³/mol. The molecule has 0 saturated carbocycles. The van der Waals surface area contributed by atoms with Crippen molar-refractivity contribution in [2.45, 2.75) is 13.0 Å². The lowest BCUT2D eigenvalue weighted by Gasteiger charge is -2.13. The highest BCUT2D eigenvalue weighted by molar-refractivity contribution is 6.30. The first kappa shape index (κ1) is 20.6. The van der Waals surface area contributed by atoms with Crippen molar-refractivity contribution < 1.29 is 9.53 Å². The minimum Gasteiger partial charge on any atom is -0.489 e. The molecule has 0 aliphatic rings. The van der Waals surface area contributed by atoms with Crippen LogP contribution in [-0.2, 0) is 13.0 Å². The maximum absolute atomic E-state index is 12.4. The molecule has 0 saturated heterocycles. The second-order valence-corrected chi connectivity index (χ2v) is 7.47. The number of carbonyl (C=O) groups is 1. The van der Waals surface area contributed by atoms with E-state index >= 15 is 0 Å². The molecule has 154 valence electrons. The molecule has 1 N–H and O–H groups in total. The molecule has 4 rings (SSSR count). The molecule has 0 unspecified atom stereocenters. The summed E-state index contributed by atoms with van der Waals surface area (Å²) in [5.74, 6) is 1.06. The summed E-state index contributed by atoms with van der Waals surface area (Å²) in [6.45, 7) is 0.468. The lowest BCUT2D eigenvalue weighted by Crippen LogP contribution is -2.13. The zero-order valence-electron chi connectivity index (χ0n) is 16.8. The molecule has 0 aliphatic carbocycles. The van der Waals surface area contributed by atoms with E-state index in [2.05, 4.69) is 10.3 Å². The molecular formula is C26H21ClN2O2.